The van der Waals surface area contributed by atoms with Crippen LogP contribution in [0.3, 0.4) is 0 Å². The smallest absolute Gasteiger partial charge is 0.186 e. The molecule has 2 N–H and O–H groups in total. The van der Waals surface area contributed by atoms with Crippen LogP contribution in [-0.4, -0.2) is 18.1 Å². The Labute approximate surface area is 118 Å². The van der Waals surface area contributed by atoms with Crippen LogP contribution >= 0.6 is 11.3 Å². The van der Waals surface area contributed by atoms with Crippen molar-refractivity contribution in [2.75, 3.05) is 23.7 Å². The summed E-state index contributed by atoms with van der Waals surface area (Å²) in [6.07, 6.45) is 2.57. The predicted octanol–water partition coefficient (Wildman–Crippen LogP) is 3.75. The zero-order valence-corrected chi connectivity index (χ0v) is 12.4. The number of nitrogens with zero attached hydrogens (tertiary/aromatic N) is 2. The van der Waals surface area contributed by atoms with Crippen LogP contribution in [0.1, 0.15) is 26.7 Å². The lowest BCUT2D eigenvalue weighted by Crippen LogP contribution is -2.35. The summed E-state index contributed by atoms with van der Waals surface area (Å²) in [5, 5.41) is 1.16. The third kappa shape index (κ3) is 2.54. The summed E-state index contributed by atoms with van der Waals surface area (Å²) in [4.78, 5) is 7.17. The molecular formula is C15H21N3S. The Balaban J connectivity index is 1.78. The monoisotopic (exact) mass is 275 g/mol. The normalized spacial score (nSPS) is 17.5. The quantitative estimate of drug-likeness (QED) is 0.849. The van der Waals surface area contributed by atoms with Gasteiger partial charge in [-0.15, -0.1) is 0 Å². The highest BCUT2D eigenvalue weighted by Gasteiger charge is 2.23. The molecular weight excluding hydrogens is 254 g/mol. The van der Waals surface area contributed by atoms with Crippen LogP contribution in [0.25, 0.3) is 10.2 Å². The molecule has 1 aliphatic rings. The maximum absolute atomic E-state index is 5.83. The number of hydrogen-bond acceptors (Lipinski definition) is 4. The number of benzene rings is 1. The second-order valence-electron chi connectivity index (χ2n) is 5.79. The van der Waals surface area contributed by atoms with Gasteiger partial charge in [0.15, 0.2) is 5.13 Å². The third-order valence-electron chi connectivity index (χ3n) is 4.15. The number of fused-ring (bicyclic) bond motifs is 1. The van der Waals surface area contributed by atoms with Gasteiger partial charge in [-0.25, -0.2) is 4.98 Å². The van der Waals surface area contributed by atoms with Crippen molar-refractivity contribution in [3.63, 3.8) is 0 Å². The fourth-order valence-electron chi connectivity index (χ4n) is 2.82. The fraction of sp³-hybridized carbons (Fsp3) is 0.533. The molecule has 0 radical (unpaired) electrons. The van der Waals surface area contributed by atoms with Crippen molar-refractivity contribution in [3.8, 4) is 0 Å². The molecule has 1 aromatic carbocycles. The molecule has 0 aliphatic carbocycles. The van der Waals surface area contributed by atoms with E-state index in [9.17, 15) is 0 Å². The zero-order valence-electron chi connectivity index (χ0n) is 11.6. The molecule has 0 amide bonds. The minimum atomic E-state index is 0.803. The van der Waals surface area contributed by atoms with Crippen molar-refractivity contribution >= 4 is 32.4 Å². The highest BCUT2D eigenvalue weighted by Crippen LogP contribution is 2.33. The van der Waals surface area contributed by atoms with E-state index in [0.717, 1.165) is 41.3 Å². The Morgan fingerprint density at radius 1 is 1.32 bits per heavy atom. The summed E-state index contributed by atoms with van der Waals surface area (Å²) < 4.78 is 1.20. The Morgan fingerprint density at radius 2 is 2.05 bits per heavy atom. The van der Waals surface area contributed by atoms with Crippen molar-refractivity contribution in [2.24, 2.45) is 11.8 Å². The number of aromatic nitrogens is 1. The van der Waals surface area contributed by atoms with Crippen LogP contribution in [0.4, 0.5) is 10.8 Å². The molecule has 1 fully saturated rings. The molecule has 1 saturated heterocycles. The van der Waals surface area contributed by atoms with Crippen LogP contribution < -0.4 is 10.6 Å². The van der Waals surface area contributed by atoms with Crippen LogP contribution in [-0.2, 0) is 0 Å². The Hall–Kier alpha value is -1.29. The molecule has 102 valence electrons. The molecule has 2 heterocycles. The number of nitrogen functional groups attached to an aromatic ring is 1. The van der Waals surface area contributed by atoms with Crippen LogP contribution in [0.15, 0.2) is 18.2 Å². The first-order chi connectivity index (χ1) is 9.13. The first-order valence-corrected chi connectivity index (χ1v) is 7.86. The lowest BCUT2D eigenvalue weighted by molar-refractivity contribution is 0.311. The first kappa shape index (κ1) is 12.7. The molecule has 3 rings (SSSR count). The minimum absolute atomic E-state index is 0.803. The van der Waals surface area contributed by atoms with Crippen molar-refractivity contribution < 1.29 is 0 Å². The standard InChI is InChI=1S/C15H21N3S/c1-10(2)11-5-7-18(8-6-11)15-17-13-4-3-12(16)9-14(13)19-15/h3-4,9-11H,5-8,16H2,1-2H3. The van der Waals surface area contributed by atoms with Gasteiger partial charge in [-0.2, -0.15) is 0 Å². The van der Waals surface area contributed by atoms with E-state index >= 15 is 0 Å². The minimum Gasteiger partial charge on any atom is -0.399 e. The molecule has 0 bridgehead atoms. The van der Waals surface area contributed by atoms with E-state index in [-0.39, 0.29) is 0 Å². The molecule has 19 heavy (non-hydrogen) atoms. The van der Waals surface area contributed by atoms with Crippen LogP contribution in [0, 0.1) is 11.8 Å². The SMILES string of the molecule is CC(C)C1CCN(c2nc3ccc(N)cc3s2)CC1. The van der Waals surface area contributed by atoms with Gasteiger partial charge >= 0.3 is 0 Å². The van der Waals surface area contributed by atoms with Gasteiger partial charge in [0.2, 0.25) is 0 Å². The van der Waals surface area contributed by atoms with Gasteiger partial charge in [0.25, 0.3) is 0 Å². The van der Waals surface area contributed by atoms with E-state index in [1.807, 2.05) is 18.2 Å². The van der Waals surface area contributed by atoms with E-state index < -0.39 is 0 Å². The summed E-state index contributed by atoms with van der Waals surface area (Å²) in [7, 11) is 0. The number of rotatable bonds is 2. The van der Waals surface area contributed by atoms with Gasteiger partial charge < -0.3 is 10.6 Å². The molecule has 1 aliphatic heterocycles. The third-order valence-corrected chi connectivity index (χ3v) is 5.23. The second kappa shape index (κ2) is 5.00. The highest BCUT2D eigenvalue weighted by molar-refractivity contribution is 7.22. The van der Waals surface area contributed by atoms with Gasteiger partial charge in [-0.3, -0.25) is 0 Å². The molecule has 2 aromatic rings. The Kier molecular flexibility index (Phi) is 3.35. The summed E-state index contributed by atoms with van der Waals surface area (Å²) in [5.74, 6) is 1.68. The number of hydrogen-bond donors (Lipinski definition) is 1. The highest BCUT2D eigenvalue weighted by atomic mass is 32.1. The molecule has 3 nitrogen and oxygen atoms in total. The first-order valence-electron chi connectivity index (χ1n) is 7.04. The molecule has 4 heteroatoms. The number of piperidine rings is 1. The van der Waals surface area contributed by atoms with Gasteiger partial charge in [0.1, 0.15) is 0 Å². The van der Waals surface area contributed by atoms with E-state index in [2.05, 4.69) is 18.7 Å². The summed E-state index contributed by atoms with van der Waals surface area (Å²) in [6.45, 7) is 6.94. The van der Waals surface area contributed by atoms with Gasteiger partial charge in [-0.05, 0) is 42.9 Å². The van der Waals surface area contributed by atoms with Gasteiger partial charge in [0.05, 0.1) is 10.2 Å². The van der Waals surface area contributed by atoms with E-state index in [0.29, 0.717) is 0 Å². The number of nitrogens with two attached hydrogens (primary N) is 1. The summed E-state index contributed by atoms with van der Waals surface area (Å²) in [6, 6.07) is 5.97. The lowest BCUT2D eigenvalue weighted by atomic mass is 9.87. The number of thiazole rings is 1. The zero-order chi connectivity index (χ0) is 13.4. The van der Waals surface area contributed by atoms with E-state index in [4.69, 9.17) is 10.7 Å². The average Bonchev–Trinajstić information content (AvgIpc) is 2.81. The van der Waals surface area contributed by atoms with Crippen LogP contribution in [0.5, 0.6) is 0 Å². The predicted molar refractivity (Wildman–Crippen MR) is 83.8 cm³/mol. The lowest BCUT2D eigenvalue weighted by Gasteiger charge is -2.33. The van der Waals surface area contributed by atoms with Crippen LogP contribution in [0.2, 0.25) is 0 Å². The molecule has 0 saturated carbocycles. The topological polar surface area (TPSA) is 42.2 Å². The van der Waals surface area contributed by atoms with Gasteiger partial charge in [0, 0.05) is 18.8 Å². The maximum Gasteiger partial charge on any atom is 0.186 e. The summed E-state index contributed by atoms with van der Waals surface area (Å²) >= 11 is 1.76. The van der Waals surface area contributed by atoms with Crippen molar-refractivity contribution in [1.82, 2.24) is 4.98 Å². The fourth-order valence-corrected chi connectivity index (χ4v) is 3.89. The average molecular weight is 275 g/mol. The molecule has 0 unspecified atom stereocenters. The molecule has 1 aromatic heterocycles. The van der Waals surface area contributed by atoms with E-state index in [1.54, 1.807) is 11.3 Å². The maximum atomic E-state index is 5.83. The molecule has 0 spiro atoms. The Morgan fingerprint density at radius 3 is 2.74 bits per heavy atom. The van der Waals surface area contributed by atoms with Crippen molar-refractivity contribution in [2.45, 2.75) is 26.7 Å². The Bertz CT molecular complexity index is 568. The van der Waals surface area contributed by atoms with E-state index in [1.165, 1.54) is 17.5 Å². The second-order valence-corrected chi connectivity index (χ2v) is 6.80. The largest absolute Gasteiger partial charge is 0.399 e. The number of anilines is 2. The molecule has 0 atom stereocenters. The summed E-state index contributed by atoms with van der Waals surface area (Å²) in [5.41, 5.74) is 7.72. The van der Waals surface area contributed by atoms with Crippen molar-refractivity contribution in [1.29, 1.82) is 0 Å². The van der Waals surface area contributed by atoms with Gasteiger partial charge in [-0.1, -0.05) is 25.2 Å². The van der Waals surface area contributed by atoms with Crippen molar-refractivity contribution in [3.05, 3.63) is 18.2 Å².